The molecule has 5 nitrogen and oxygen atoms in total. The lowest BCUT2D eigenvalue weighted by Crippen LogP contribution is -2.51. The molecule has 0 fully saturated rings. The highest BCUT2D eigenvalue weighted by atomic mass is 16.4. The summed E-state index contributed by atoms with van der Waals surface area (Å²) in [6.45, 7) is 5.81. The predicted octanol–water partition coefficient (Wildman–Crippen LogP) is 0.904. The third kappa shape index (κ3) is 5.25. The molecule has 0 aliphatic rings. The first-order valence-corrected chi connectivity index (χ1v) is 4.99. The van der Waals surface area contributed by atoms with E-state index >= 15 is 0 Å². The molecule has 0 aromatic heterocycles. The molecule has 2 N–H and O–H groups in total. The molecule has 16 heavy (non-hydrogen) atoms. The van der Waals surface area contributed by atoms with Gasteiger partial charge in [0.15, 0.2) is 0 Å². The number of terminal acetylenes is 1. The first-order chi connectivity index (χ1) is 7.29. The van der Waals surface area contributed by atoms with Gasteiger partial charge in [-0.05, 0) is 20.8 Å². The molecular weight excluding hydrogens is 208 g/mol. The van der Waals surface area contributed by atoms with Crippen LogP contribution < -0.4 is 5.32 Å². The van der Waals surface area contributed by atoms with Crippen molar-refractivity contribution >= 4 is 12.0 Å². The molecule has 0 aromatic rings. The molecule has 0 bridgehead atoms. The van der Waals surface area contributed by atoms with Crippen LogP contribution >= 0.6 is 0 Å². The molecule has 5 heteroatoms. The number of hydrogen-bond donors (Lipinski definition) is 2. The summed E-state index contributed by atoms with van der Waals surface area (Å²) in [6.07, 6.45) is 4.95. The molecule has 0 saturated heterocycles. The van der Waals surface area contributed by atoms with E-state index in [-0.39, 0.29) is 25.5 Å². The molecule has 0 unspecified atom stereocenters. The van der Waals surface area contributed by atoms with Crippen molar-refractivity contribution in [2.75, 3.05) is 13.1 Å². The lowest BCUT2D eigenvalue weighted by molar-refractivity contribution is -0.137. The predicted molar refractivity (Wildman–Crippen MR) is 60.9 cm³/mol. The molecule has 0 atom stereocenters. The topological polar surface area (TPSA) is 69.6 Å². The second-order valence-corrected chi connectivity index (χ2v) is 4.33. The Morgan fingerprint density at radius 3 is 2.38 bits per heavy atom. The number of rotatable bonds is 4. The third-order valence-electron chi connectivity index (χ3n) is 1.95. The summed E-state index contributed by atoms with van der Waals surface area (Å²) < 4.78 is 0. The highest BCUT2D eigenvalue weighted by Gasteiger charge is 2.26. The van der Waals surface area contributed by atoms with E-state index in [2.05, 4.69) is 11.2 Å². The van der Waals surface area contributed by atoms with Crippen molar-refractivity contribution in [3.8, 4) is 12.3 Å². The van der Waals surface area contributed by atoms with Gasteiger partial charge in [-0.1, -0.05) is 5.92 Å². The van der Waals surface area contributed by atoms with Crippen molar-refractivity contribution in [1.82, 2.24) is 10.2 Å². The Morgan fingerprint density at radius 1 is 1.44 bits per heavy atom. The number of urea groups is 1. The van der Waals surface area contributed by atoms with Crippen LogP contribution in [0.1, 0.15) is 27.2 Å². The maximum Gasteiger partial charge on any atom is 0.318 e. The van der Waals surface area contributed by atoms with Gasteiger partial charge < -0.3 is 15.3 Å². The van der Waals surface area contributed by atoms with Crippen molar-refractivity contribution in [2.45, 2.75) is 32.7 Å². The largest absolute Gasteiger partial charge is 0.481 e. The number of aliphatic carboxylic acids is 1. The molecule has 0 saturated carbocycles. The standard InChI is InChI=1S/C11H18N2O3/c1-5-7-12-10(16)13(11(2,3)4)8-6-9(14)15/h1H,6-8H2,2-4H3,(H,12,16)(H,14,15). The Kier molecular flexibility index (Phi) is 5.37. The van der Waals surface area contributed by atoms with E-state index in [1.54, 1.807) is 0 Å². The molecule has 0 spiro atoms. The summed E-state index contributed by atoms with van der Waals surface area (Å²) in [6, 6.07) is -0.341. The molecule has 0 aliphatic carbocycles. The maximum atomic E-state index is 11.7. The van der Waals surface area contributed by atoms with Crippen LogP contribution in [0.2, 0.25) is 0 Å². The minimum absolute atomic E-state index is 0.0826. The van der Waals surface area contributed by atoms with Gasteiger partial charge in [0.1, 0.15) is 0 Å². The fourth-order valence-electron chi connectivity index (χ4n) is 1.17. The summed E-state index contributed by atoms with van der Waals surface area (Å²) in [5, 5.41) is 11.1. The summed E-state index contributed by atoms with van der Waals surface area (Å²) in [4.78, 5) is 23.6. The Balaban J connectivity index is 4.50. The highest BCUT2D eigenvalue weighted by Crippen LogP contribution is 2.13. The molecule has 2 amide bonds. The number of nitrogens with one attached hydrogen (secondary N) is 1. The molecule has 0 aliphatic heterocycles. The van der Waals surface area contributed by atoms with Crippen LogP contribution in [-0.2, 0) is 4.79 Å². The maximum absolute atomic E-state index is 11.7. The number of carbonyl (C=O) groups is 2. The summed E-state index contributed by atoms with van der Waals surface area (Å²) in [7, 11) is 0. The van der Waals surface area contributed by atoms with Gasteiger partial charge in [-0.2, -0.15) is 0 Å². The average Bonchev–Trinajstić information content (AvgIpc) is 2.12. The molecule has 0 aromatic carbocycles. The van der Waals surface area contributed by atoms with Gasteiger partial charge in [-0.25, -0.2) is 4.79 Å². The Morgan fingerprint density at radius 2 is 2.00 bits per heavy atom. The van der Waals surface area contributed by atoms with Crippen LogP contribution in [0.15, 0.2) is 0 Å². The van der Waals surface area contributed by atoms with Gasteiger partial charge in [0, 0.05) is 12.1 Å². The van der Waals surface area contributed by atoms with Crippen LogP contribution in [0.5, 0.6) is 0 Å². The minimum Gasteiger partial charge on any atom is -0.481 e. The van der Waals surface area contributed by atoms with Gasteiger partial charge in [0.05, 0.1) is 13.0 Å². The zero-order valence-corrected chi connectivity index (χ0v) is 9.91. The van der Waals surface area contributed by atoms with E-state index < -0.39 is 11.5 Å². The van der Waals surface area contributed by atoms with Crippen LogP contribution in [0, 0.1) is 12.3 Å². The van der Waals surface area contributed by atoms with Crippen molar-refractivity contribution < 1.29 is 14.7 Å². The quantitative estimate of drug-likeness (QED) is 0.700. The summed E-state index contributed by atoms with van der Waals surface area (Å²) in [5.74, 6) is 1.36. The zero-order chi connectivity index (χ0) is 12.8. The lowest BCUT2D eigenvalue weighted by Gasteiger charge is -2.35. The number of carboxylic acids is 1. The Hall–Kier alpha value is -1.70. The lowest BCUT2D eigenvalue weighted by atomic mass is 10.1. The van der Waals surface area contributed by atoms with Crippen LogP contribution in [0.3, 0.4) is 0 Å². The number of hydrogen-bond acceptors (Lipinski definition) is 2. The number of carboxylic acid groups (broad SMARTS) is 1. The van der Waals surface area contributed by atoms with Gasteiger partial charge in [0.2, 0.25) is 0 Å². The van der Waals surface area contributed by atoms with Gasteiger partial charge in [-0.15, -0.1) is 6.42 Å². The first kappa shape index (κ1) is 14.3. The Labute approximate surface area is 95.8 Å². The van der Waals surface area contributed by atoms with E-state index in [4.69, 9.17) is 11.5 Å². The SMILES string of the molecule is C#CCNC(=O)N(CCC(=O)O)C(C)(C)C. The summed E-state index contributed by atoms with van der Waals surface area (Å²) in [5.41, 5.74) is -0.436. The molecule has 0 radical (unpaired) electrons. The van der Waals surface area contributed by atoms with Crippen molar-refractivity contribution in [3.05, 3.63) is 0 Å². The van der Waals surface area contributed by atoms with Crippen LogP contribution in [-0.4, -0.2) is 40.6 Å². The average molecular weight is 226 g/mol. The smallest absolute Gasteiger partial charge is 0.318 e. The molecular formula is C11H18N2O3. The van der Waals surface area contributed by atoms with Crippen LogP contribution in [0.25, 0.3) is 0 Å². The Bertz CT molecular complexity index is 299. The van der Waals surface area contributed by atoms with Crippen LogP contribution in [0.4, 0.5) is 4.79 Å². The molecule has 90 valence electrons. The summed E-state index contributed by atoms with van der Waals surface area (Å²) >= 11 is 0. The van der Waals surface area contributed by atoms with E-state index in [0.29, 0.717) is 0 Å². The van der Waals surface area contributed by atoms with Gasteiger partial charge in [0.25, 0.3) is 0 Å². The molecule has 0 heterocycles. The zero-order valence-electron chi connectivity index (χ0n) is 9.91. The van der Waals surface area contributed by atoms with Crippen molar-refractivity contribution in [3.63, 3.8) is 0 Å². The van der Waals surface area contributed by atoms with Gasteiger partial charge >= 0.3 is 12.0 Å². The molecule has 0 rings (SSSR count). The number of carbonyl (C=O) groups excluding carboxylic acids is 1. The van der Waals surface area contributed by atoms with E-state index in [1.165, 1.54) is 4.90 Å². The van der Waals surface area contributed by atoms with E-state index in [0.717, 1.165) is 0 Å². The second-order valence-electron chi connectivity index (χ2n) is 4.33. The monoisotopic (exact) mass is 226 g/mol. The second kappa shape index (κ2) is 6.01. The number of nitrogens with zero attached hydrogens (tertiary/aromatic N) is 1. The van der Waals surface area contributed by atoms with Crippen molar-refractivity contribution in [1.29, 1.82) is 0 Å². The normalized spacial score (nSPS) is 10.4. The van der Waals surface area contributed by atoms with Gasteiger partial charge in [-0.3, -0.25) is 4.79 Å². The number of amides is 2. The van der Waals surface area contributed by atoms with Crippen molar-refractivity contribution in [2.24, 2.45) is 0 Å². The third-order valence-corrected chi connectivity index (χ3v) is 1.95. The fraction of sp³-hybridized carbons (Fsp3) is 0.636. The fourth-order valence-corrected chi connectivity index (χ4v) is 1.17. The van der Waals surface area contributed by atoms with E-state index in [1.807, 2.05) is 20.8 Å². The minimum atomic E-state index is -0.931. The highest BCUT2D eigenvalue weighted by molar-refractivity contribution is 5.76. The first-order valence-electron chi connectivity index (χ1n) is 4.99. The van der Waals surface area contributed by atoms with E-state index in [9.17, 15) is 9.59 Å².